The summed E-state index contributed by atoms with van der Waals surface area (Å²) in [6, 6.07) is 18.3. The SMILES string of the molecule is CCc1ccc(OCC(=O)N2CCN(c3ccc(-c4ccc(C)cc4C)nn3)CC2)cc1. The zero-order valence-electron chi connectivity index (χ0n) is 19.0. The highest BCUT2D eigenvalue weighted by Crippen LogP contribution is 2.23. The fraction of sp³-hybridized carbons (Fsp3) is 0.346. The molecule has 0 radical (unpaired) electrons. The molecule has 1 amide bonds. The van der Waals surface area contributed by atoms with Crippen molar-refractivity contribution in [3.63, 3.8) is 0 Å². The molecule has 0 saturated carbocycles. The molecular formula is C26H30N4O2. The van der Waals surface area contributed by atoms with Crippen LogP contribution in [0.1, 0.15) is 23.6 Å². The summed E-state index contributed by atoms with van der Waals surface area (Å²) >= 11 is 0. The summed E-state index contributed by atoms with van der Waals surface area (Å²) < 4.78 is 5.68. The van der Waals surface area contributed by atoms with Gasteiger partial charge in [-0.1, -0.05) is 42.8 Å². The smallest absolute Gasteiger partial charge is 0.260 e. The number of piperazine rings is 1. The Hall–Kier alpha value is -3.41. The van der Waals surface area contributed by atoms with E-state index in [2.05, 4.69) is 54.1 Å². The van der Waals surface area contributed by atoms with Crippen LogP contribution in [-0.4, -0.2) is 53.8 Å². The molecule has 0 atom stereocenters. The van der Waals surface area contributed by atoms with E-state index in [1.54, 1.807) is 0 Å². The highest BCUT2D eigenvalue weighted by atomic mass is 16.5. The van der Waals surface area contributed by atoms with Crippen LogP contribution in [0.15, 0.2) is 54.6 Å². The van der Waals surface area contributed by atoms with Gasteiger partial charge in [0.25, 0.3) is 5.91 Å². The van der Waals surface area contributed by atoms with Crippen molar-refractivity contribution >= 4 is 11.7 Å². The van der Waals surface area contributed by atoms with Gasteiger partial charge in [0.1, 0.15) is 5.75 Å². The van der Waals surface area contributed by atoms with Crippen molar-refractivity contribution < 1.29 is 9.53 Å². The minimum absolute atomic E-state index is 0.0143. The highest BCUT2D eigenvalue weighted by molar-refractivity contribution is 5.78. The van der Waals surface area contributed by atoms with Gasteiger partial charge in [0.15, 0.2) is 12.4 Å². The van der Waals surface area contributed by atoms with Crippen LogP contribution >= 0.6 is 0 Å². The molecule has 0 unspecified atom stereocenters. The van der Waals surface area contributed by atoms with E-state index >= 15 is 0 Å². The molecule has 6 nitrogen and oxygen atoms in total. The normalized spacial score (nSPS) is 13.8. The molecule has 6 heteroatoms. The second-order valence-corrected chi connectivity index (χ2v) is 8.25. The molecule has 0 spiro atoms. The van der Waals surface area contributed by atoms with Crippen LogP contribution in [0, 0.1) is 13.8 Å². The Bertz CT molecular complexity index is 1060. The fourth-order valence-corrected chi connectivity index (χ4v) is 3.98. The third-order valence-corrected chi connectivity index (χ3v) is 5.96. The minimum Gasteiger partial charge on any atom is -0.484 e. The topological polar surface area (TPSA) is 58.6 Å². The van der Waals surface area contributed by atoms with Gasteiger partial charge in [-0.3, -0.25) is 4.79 Å². The first kappa shape index (κ1) is 21.8. The Balaban J connectivity index is 1.29. The largest absolute Gasteiger partial charge is 0.484 e. The van der Waals surface area contributed by atoms with E-state index in [-0.39, 0.29) is 12.5 Å². The number of rotatable bonds is 6. The zero-order chi connectivity index (χ0) is 22.5. The van der Waals surface area contributed by atoms with Crippen molar-refractivity contribution in [3.05, 3.63) is 71.3 Å². The molecule has 4 rings (SSSR count). The van der Waals surface area contributed by atoms with E-state index in [0.29, 0.717) is 13.1 Å². The van der Waals surface area contributed by atoms with Crippen LogP contribution in [0.4, 0.5) is 5.82 Å². The lowest BCUT2D eigenvalue weighted by molar-refractivity contribution is -0.133. The van der Waals surface area contributed by atoms with Crippen molar-refractivity contribution in [1.82, 2.24) is 15.1 Å². The molecule has 2 heterocycles. The average Bonchev–Trinajstić information content (AvgIpc) is 2.83. The van der Waals surface area contributed by atoms with Gasteiger partial charge in [0.2, 0.25) is 0 Å². The zero-order valence-corrected chi connectivity index (χ0v) is 19.0. The summed E-state index contributed by atoms with van der Waals surface area (Å²) in [5.74, 6) is 1.59. The van der Waals surface area contributed by atoms with Crippen LogP contribution in [0.3, 0.4) is 0 Å². The van der Waals surface area contributed by atoms with Gasteiger partial charge in [-0.05, 0) is 55.7 Å². The number of nitrogens with zero attached hydrogens (tertiary/aromatic N) is 4. The number of carbonyl (C=O) groups is 1. The number of ether oxygens (including phenoxy) is 1. The van der Waals surface area contributed by atoms with Gasteiger partial charge in [-0.25, -0.2) is 0 Å². The summed E-state index contributed by atoms with van der Waals surface area (Å²) in [7, 11) is 0. The van der Waals surface area contributed by atoms with E-state index in [9.17, 15) is 4.79 Å². The van der Waals surface area contributed by atoms with Gasteiger partial charge in [0.05, 0.1) is 5.69 Å². The maximum Gasteiger partial charge on any atom is 0.260 e. The molecule has 32 heavy (non-hydrogen) atoms. The number of amides is 1. The van der Waals surface area contributed by atoms with Crippen LogP contribution < -0.4 is 9.64 Å². The molecule has 1 aromatic heterocycles. The maximum absolute atomic E-state index is 12.5. The van der Waals surface area contributed by atoms with Crippen molar-refractivity contribution in [1.29, 1.82) is 0 Å². The van der Waals surface area contributed by atoms with Crippen molar-refractivity contribution in [3.8, 4) is 17.0 Å². The first-order valence-electron chi connectivity index (χ1n) is 11.2. The second-order valence-electron chi connectivity index (χ2n) is 8.25. The Kier molecular flexibility index (Phi) is 6.69. The van der Waals surface area contributed by atoms with Crippen molar-refractivity contribution in [2.75, 3.05) is 37.7 Å². The summed E-state index contributed by atoms with van der Waals surface area (Å²) in [6.07, 6.45) is 0.988. The van der Waals surface area contributed by atoms with Crippen molar-refractivity contribution in [2.24, 2.45) is 0 Å². The highest BCUT2D eigenvalue weighted by Gasteiger charge is 2.22. The summed E-state index contributed by atoms with van der Waals surface area (Å²) in [6.45, 7) is 9.13. The molecule has 3 aromatic rings. The Morgan fingerprint density at radius 3 is 2.31 bits per heavy atom. The standard InChI is InChI=1S/C26H30N4O2/c1-4-21-6-8-22(9-7-21)32-18-26(31)30-15-13-29(14-16-30)25-12-11-24(27-28-25)23-10-5-19(2)17-20(23)3/h5-12,17H,4,13-16,18H2,1-3H3. The Labute approximate surface area is 189 Å². The molecule has 1 aliphatic heterocycles. The molecule has 1 fully saturated rings. The first-order chi connectivity index (χ1) is 15.5. The van der Waals surface area contributed by atoms with Gasteiger partial charge < -0.3 is 14.5 Å². The van der Waals surface area contributed by atoms with Crippen LogP contribution in [0.25, 0.3) is 11.3 Å². The second kappa shape index (κ2) is 9.81. The van der Waals surface area contributed by atoms with Crippen LogP contribution in [0.5, 0.6) is 5.75 Å². The van der Waals surface area contributed by atoms with Gasteiger partial charge in [-0.15, -0.1) is 10.2 Å². The van der Waals surface area contributed by atoms with Crippen molar-refractivity contribution in [2.45, 2.75) is 27.2 Å². The third kappa shape index (κ3) is 5.07. The molecular weight excluding hydrogens is 400 g/mol. The number of benzene rings is 2. The number of anilines is 1. The number of carbonyl (C=O) groups excluding carboxylic acids is 1. The summed E-state index contributed by atoms with van der Waals surface area (Å²) in [4.78, 5) is 16.6. The fourth-order valence-electron chi connectivity index (χ4n) is 3.98. The molecule has 0 bridgehead atoms. The molecule has 2 aromatic carbocycles. The monoisotopic (exact) mass is 430 g/mol. The quantitative estimate of drug-likeness (QED) is 0.591. The molecule has 0 aliphatic carbocycles. The third-order valence-electron chi connectivity index (χ3n) is 5.96. The van der Waals surface area contributed by atoms with E-state index in [4.69, 9.17) is 4.74 Å². The molecule has 1 aliphatic rings. The number of aromatic nitrogens is 2. The number of aryl methyl sites for hydroxylation is 3. The maximum atomic E-state index is 12.5. The predicted molar refractivity (Wildman–Crippen MR) is 127 cm³/mol. The van der Waals surface area contributed by atoms with Crippen LogP contribution in [-0.2, 0) is 11.2 Å². The Morgan fingerprint density at radius 1 is 0.938 bits per heavy atom. The minimum atomic E-state index is 0.0143. The molecule has 1 saturated heterocycles. The van der Waals surface area contributed by atoms with E-state index < -0.39 is 0 Å². The lowest BCUT2D eigenvalue weighted by atomic mass is 10.0. The summed E-state index contributed by atoms with van der Waals surface area (Å²) in [5.41, 5.74) is 5.68. The summed E-state index contributed by atoms with van der Waals surface area (Å²) in [5, 5.41) is 8.90. The number of hydrogen-bond acceptors (Lipinski definition) is 5. The lowest BCUT2D eigenvalue weighted by Crippen LogP contribution is -2.50. The lowest BCUT2D eigenvalue weighted by Gasteiger charge is -2.35. The molecule has 166 valence electrons. The van der Waals surface area contributed by atoms with E-state index in [0.717, 1.165) is 42.3 Å². The number of hydrogen-bond donors (Lipinski definition) is 0. The van der Waals surface area contributed by atoms with E-state index in [1.165, 1.54) is 16.7 Å². The molecule has 0 N–H and O–H groups in total. The first-order valence-corrected chi connectivity index (χ1v) is 11.2. The van der Waals surface area contributed by atoms with Gasteiger partial charge in [-0.2, -0.15) is 0 Å². The van der Waals surface area contributed by atoms with Crippen LogP contribution in [0.2, 0.25) is 0 Å². The van der Waals surface area contributed by atoms with E-state index in [1.807, 2.05) is 41.3 Å². The predicted octanol–water partition coefficient (Wildman–Crippen LogP) is 4.05. The Morgan fingerprint density at radius 2 is 1.69 bits per heavy atom. The average molecular weight is 431 g/mol. The van der Waals surface area contributed by atoms with Gasteiger partial charge >= 0.3 is 0 Å². The van der Waals surface area contributed by atoms with Gasteiger partial charge in [0, 0.05) is 31.7 Å².